The first-order valence-electron chi connectivity index (χ1n) is 14.2. The third-order valence-electron chi connectivity index (χ3n) is 13.5. The van der Waals surface area contributed by atoms with E-state index in [1.54, 1.807) is 0 Å². The van der Waals surface area contributed by atoms with Gasteiger partial charge in [-0.25, -0.2) is 0 Å². The Bertz CT molecular complexity index is 944. The van der Waals surface area contributed by atoms with Crippen molar-refractivity contribution < 1.29 is 30.6 Å². The maximum atomic E-state index is 12.0. The quantitative estimate of drug-likeness (QED) is 0.304. The summed E-state index contributed by atoms with van der Waals surface area (Å²) in [5.74, 6) is 0.310. The summed E-state index contributed by atoms with van der Waals surface area (Å²) in [5, 5.41) is 67.7. The summed E-state index contributed by atoms with van der Waals surface area (Å²) >= 11 is 0. The van der Waals surface area contributed by atoms with Crippen LogP contribution in [-0.2, 0) is 0 Å². The van der Waals surface area contributed by atoms with Crippen molar-refractivity contribution in [1.29, 1.82) is 0 Å². The highest BCUT2D eigenvalue weighted by molar-refractivity contribution is 5.38. The Kier molecular flexibility index (Phi) is 5.86. The second-order valence-corrected chi connectivity index (χ2v) is 15.3. The summed E-state index contributed by atoms with van der Waals surface area (Å²) in [6.07, 6.45) is 1.92. The van der Waals surface area contributed by atoms with Gasteiger partial charge in [0.05, 0.1) is 42.5 Å². The van der Waals surface area contributed by atoms with Crippen molar-refractivity contribution in [1.82, 2.24) is 0 Å². The first kappa shape index (κ1) is 27.1. The van der Waals surface area contributed by atoms with E-state index in [2.05, 4.69) is 40.7 Å². The molecule has 4 saturated carbocycles. The van der Waals surface area contributed by atoms with Gasteiger partial charge in [-0.05, 0) is 77.9 Å². The van der Waals surface area contributed by atoms with E-state index in [-0.39, 0.29) is 34.2 Å². The topological polar surface area (TPSA) is 121 Å². The van der Waals surface area contributed by atoms with Gasteiger partial charge in [0.15, 0.2) is 0 Å². The molecule has 0 heterocycles. The molecule has 5 rings (SSSR count). The first-order chi connectivity index (χ1) is 16.5. The predicted molar refractivity (Wildman–Crippen MR) is 138 cm³/mol. The fraction of sp³-hybridized carbons (Fsp3) is 0.933. The molecule has 6 heteroatoms. The zero-order valence-corrected chi connectivity index (χ0v) is 23.3. The molecule has 12 atom stereocenters. The van der Waals surface area contributed by atoms with Gasteiger partial charge in [-0.1, -0.05) is 60.1 Å². The lowest BCUT2D eigenvalue weighted by atomic mass is 9.32. The van der Waals surface area contributed by atoms with Crippen LogP contribution in [-0.4, -0.2) is 67.8 Å². The number of fused-ring (bicyclic) bond motifs is 7. The minimum atomic E-state index is -1.40. The van der Waals surface area contributed by atoms with E-state index >= 15 is 0 Å². The third kappa shape index (κ3) is 2.85. The number of hydrogen-bond acceptors (Lipinski definition) is 6. The van der Waals surface area contributed by atoms with Crippen LogP contribution in [0.3, 0.4) is 0 Å². The van der Waals surface area contributed by atoms with Crippen LogP contribution in [0.5, 0.6) is 0 Å². The maximum absolute atomic E-state index is 12.0. The Labute approximate surface area is 216 Å². The molecule has 0 amide bonds. The molecule has 5 aliphatic carbocycles. The van der Waals surface area contributed by atoms with Crippen molar-refractivity contribution in [2.45, 2.75) is 118 Å². The van der Waals surface area contributed by atoms with Crippen LogP contribution in [0, 0.1) is 50.2 Å². The molecule has 0 aliphatic heterocycles. The van der Waals surface area contributed by atoms with Crippen LogP contribution in [0.1, 0.15) is 87.0 Å². The molecule has 0 radical (unpaired) electrons. The summed E-state index contributed by atoms with van der Waals surface area (Å²) in [6.45, 7) is 14.6. The van der Waals surface area contributed by atoms with Crippen LogP contribution in [0.2, 0.25) is 0 Å². The number of allylic oxidation sites excluding steroid dienone is 1. The summed E-state index contributed by atoms with van der Waals surface area (Å²) < 4.78 is 0. The standard InChI is InChI=1S/C30H50O6/c1-25(2)14-17-16-8-9-19-27(5)12-11-20(32)26(3,4)18(27)10-13-28(19,6)29(16,7)22(34)24(36)30(17,15-31)23(35)21(25)33/h8,17-24,31-36H,9-15H2,1-7H3/t17-,18?,19?,20-,21-,22-,23-,24+,27-,28+,29-,30+/m0/s1. The summed E-state index contributed by atoms with van der Waals surface area (Å²) in [6, 6.07) is 0. The lowest BCUT2D eigenvalue weighted by Gasteiger charge is -2.73. The SMILES string of the molecule is CC1(C)C[C@H]2C3=CCC4[C@@]5(C)CC[C@H](O)C(C)(C)C5CC[C@@]4(C)[C@]3(C)[C@@H](O)[C@@H](O)[C@@]2(CO)[C@@H](O)[C@@H]1O. The number of rotatable bonds is 1. The normalized spacial score (nSPS) is 57.5. The molecule has 2 unspecified atom stereocenters. The van der Waals surface area contributed by atoms with Gasteiger partial charge in [0.2, 0.25) is 0 Å². The van der Waals surface area contributed by atoms with Gasteiger partial charge in [-0.15, -0.1) is 0 Å². The highest BCUT2D eigenvalue weighted by atomic mass is 16.4. The predicted octanol–water partition coefficient (Wildman–Crippen LogP) is 3.02. The van der Waals surface area contributed by atoms with Crippen molar-refractivity contribution in [2.24, 2.45) is 50.2 Å². The molecule has 5 aliphatic rings. The smallest absolute Gasteiger partial charge is 0.0917 e. The van der Waals surface area contributed by atoms with Gasteiger partial charge >= 0.3 is 0 Å². The van der Waals surface area contributed by atoms with Crippen LogP contribution in [0.4, 0.5) is 0 Å². The van der Waals surface area contributed by atoms with Gasteiger partial charge < -0.3 is 30.6 Å². The minimum Gasteiger partial charge on any atom is -0.396 e. The largest absolute Gasteiger partial charge is 0.396 e. The molecule has 0 bridgehead atoms. The molecule has 6 N–H and O–H groups in total. The van der Waals surface area contributed by atoms with Gasteiger partial charge in [0.1, 0.15) is 0 Å². The zero-order chi connectivity index (χ0) is 26.9. The van der Waals surface area contributed by atoms with E-state index in [4.69, 9.17) is 0 Å². The molecule has 4 fully saturated rings. The number of aliphatic hydroxyl groups excluding tert-OH is 6. The van der Waals surface area contributed by atoms with Gasteiger partial charge in [-0.2, -0.15) is 0 Å². The average Bonchev–Trinajstić information content (AvgIpc) is 2.80. The van der Waals surface area contributed by atoms with E-state index < -0.39 is 47.3 Å². The molecular weight excluding hydrogens is 456 g/mol. The molecule has 0 aromatic heterocycles. The van der Waals surface area contributed by atoms with Crippen LogP contribution >= 0.6 is 0 Å². The molecule has 36 heavy (non-hydrogen) atoms. The second-order valence-electron chi connectivity index (χ2n) is 15.3. The summed E-state index contributed by atoms with van der Waals surface area (Å²) in [5.41, 5.74) is -2.16. The van der Waals surface area contributed by atoms with Crippen molar-refractivity contribution in [2.75, 3.05) is 6.61 Å². The average molecular weight is 507 g/mol. The Balaban J connectivity index is 1.67. The number of aliphatic hydroxyl groups is 6. The van der Waals surface area contributed by atoms with Crippen LogP contribution < -0.4 is 0 Å². The fourth-order valence-corrected chi connectivity index (χ4v) is 10.9. The third-order valence-corrected chi connectivity index (χ3v) is 13.5. The van der Waals surface area contributed by atoms with E-state index in [1.165, 1.54) is 0 Å². The molecule has 0 aromatic rings. The zero-order valence-electron chi connectivity index (χ0n) is 23.3. The highest BCUT2D eigenvalue weighted by Crippen LogP contribution is 2.75. The molecule has 0 aromatic carbocycles. The molecule has 0 spiro atoms. The fourth-order valence-electron chi connectivity index (χ4n) is 10.9. The first-order valence-corrected chi connectivity index (χ1v) is 14.2. The summed E-state index contributed by atoms with van der Waals surface area (Å²) in [4.78, 5) is 0. The van der Waals surface area contributed by atoms with E-state index in [0.29, 0.717) is 12.3 Å². The summed E-state index contributed by atoms with van der Waals surface area (Å²) in [7, 11) is 0. The Morgan fingerprint density at radius 1 is 0.778 bits per heavy atom. The molecule has 206 valence electrons. The van der Waals surface area contributed by atoms with Crippen molar-refractivity contribution in [3.63, 3.8) is 0 Å². The van der Waals surface area contributed by atoms with Gasteiger partial charge in [0.25, 0.3) is 0 Å². The van der Waals surface area contributed by atoms with Crippen LogP contribution in [0.25, 0.3) is 0 Å². The van der Waals surface area contributed by atoms with Crippen molar-refractivity contribution in [3.05, 3.63) is 11.6 Å². The molecule has 0 saturated heterocycles. The lowest BCUT2D eigenvalue weighted by Crippen LogP contribution is -2.76. The Morgan fingerprint density at radius 2 is 1.39 bits per heavy atom. The molecular formula is C30H50O6. The second kappa shape index (κ2) is 7.79. The number of hydrogen-bond donors (Lipinski definition) is 6. The Hall–Kier alpha value is -0.500. The van der Waals surface area contributed by atoms with E-state index in [0.717, 1.165) is 37.7 Å². The lowest BCUT2D eigenvalue weighted by molar-refractivity contribution is -0.288. The van der Waals surface area contributed by atoms with E-state index in [9.17, 15) is 30.6 Å². The van der Waals surface area contributed by atoms with Gasteiger partial charge in [-0.3, -0.25) is 0 Å². The molecule has 6 nitrogen and oxygen atoms in total. The Morgan fingerprint density at radius 3 is 2.00 bits per heavy atom. The van der Waals surface area contributed by atoms with E-state index in [1.807, 2.05) is 13.8 Å². The van der Waals surface area contributed by atoms with Crippen molar-refractivity contribution >= 4 is 0 Å². The monoisotopic (exact) mass is 506 g/mol. The highest BCUT2D eigenvalue weighted by Gasteiger charge is 2.74. The van der Waals surface area contributed by atoms with Crippen LogP contribution in [0.15, 0.2) is 11.6 Å². The van der Waals surface area contributed by atoms with Gasteiger partial charge in [0, 0.05) is 5.41 Å². The maximum Gasteiger partial charge on any atom is 0.0917 e. The minimum absolute atomic E-state index is 0.00149. The van der Waals surface area contributed by atoms with Crippen molar-refractivity contribution in [3.8, 4) is 0 Å².